The third kappa shape index (κ3) is 8.16. The number of anilines is 5. The minimum absolute atomic E-state index is 0.0310. The van der Waals surface area contributed by atoms with Gasteiger partial charge in [-0.2, -0.15) is 5.10 Å². The molecule has 6 aromatic heterocycles. The maximum Gasteiger partial charge on any atom is 0.160 e. The van der Waals surface area contributed by atoms with E-state index in [1.54, 1.807) is 0 Å². The normalized spacial score (nSPS) is 13.4. The molecule has 2 aliphatic rings. The second-order valence-corrected chi connectivity index (χ2v) is 24.1. The van der Waals surface area contributed by atoms with Crippen molar-refractivity contribution in [3.05, 3.63) is 282 Å². The van der Waals surface area contributed by atoms with Gasteiger partial charge in [0.25, 0.3) is 0 Å². The zero-order valence-electron chi connectivity index (χ0n) is 47.2. The molecule has 0 radical (unpaired) electrons. The lowest BCUT2D eigenvalue weighted by Crippen LogP contribution is -2.15. The maximum absolute atomic E-state index is 6.56. The first kappa shape index (κ1) is 50.5. The van der Waals surface area contributed by atoms with Gasteiger partial charge in [-0.3, -0.25) is 4.90 Å². The Labute approximate surface area is 498 Å². The number of fused-ring (bicyclic) bond motifs is 18. The van der Waals surface area contributed by atoms with Crippen LogP contribution in [0.5, 0.6) is 0 Å². The quantitative estimate of drug-likeness (QED) is 0.185. The molecule has 0 unspecified atom stereocenters. The molecule has 0 atom stereocenters. The Balaban J connectivity index is 0.000000117. The van der Waals surface area contributed by atoms with Crippen LogP contribution in [0.3, 0.4) is 0 Å². The van der Waals surface area contributed by atoms with Gasteiger partial charge in [0.05, 0.1) is 33.4 Å². The van der Waals surface area contributed by atoms with Gasteiger partial charge in [0, 0.05) is 60.6 Å². The topological polar surface area (TPSA) is 76.2 Å². The maximum atomic E-state index is 6.56. The van der Waals surface area contributed by atoms with E-state index >= 15 is 0 Å². The largest absolute Gasteiger partial charge is 0.454 e. The van der Waals surface area contributed by atoms with Crippen molar-refractivity contribution in [1.29, 1.82) is 0 Å². The van der Waals surface area contributed by atoms with Crippen LogP contribution in [0, 0.1) is 0 Å². The van der Waals surface area contributed by atoms with Crippen molar-refractivity contribution in [2.24, 2.45) is 0 Å². The molecular formula is C76H55BrN6O2. The highest BCUT2D eigenvalue weighted by Crippen LogP contribution is 2.52. The van der Waals surface area contributed by atoms with Gasteiger partial charge in [-0.25, -0.2) is 9.03 Å². The third-order valence-electron chi connectivity index (χ3n) is 17.6. The lowest BCUT2D eigenvalue weighted by Gasteiger charge is -2.25. The van der Waals surface area contributed by atoms with E-state index in [4.69, 9.17) is 13.9 Å². The average Bonchev–Trinajstić information content (AvgIpc) is 2.36. The Morgan fingerprint density at radius 2 is 0.918 bits per heavy atom. The molecule has 408 valence electrons. The molecule has 0 saturated heterocycles. The summed E-state index contributed by atoms with van der Waals surface area (Å²) in [5.41, 5.74) is 22.6. The monoisotopic (exact) mass is 1160 g/mol. The fourth-order valence-electron chi connectivity index (χ4n) is 13.4. The van der Waals surface area contributed by atoms with Crippen LogP contribution in [0.2, 0.25) is 0 Å². The molecule has 85 heavy (non-hydrogen) atoms. The van der Waals surface area contributed by atoms with E-state index in [0.29, 0.717) is 0 Å². The minimum atomic E-state index is -0.0595. The van der Waals surface area contributed by atoms with Crippen molar-refractivity contribution >= 4 is 121 Å². The Hall–Kier alpha value is -10.2. The van der Waals surface area contributed by atoms with Crippen molar-refractivity contribution in [3.63, 3.8) is 0 Å². The molecule has 10 aromatic carbocycles. The van der Waals surface area contributed by atoms with Crippen molar-refractivity contribution in [2.45, 2.75) is 38.5 Å². The van der Waals surface area contributed by atoms with Crippen LogP contribution < -0.4 is 10.2 Å². The van der Waals surface area contributed by atoms with Crippen LogP contribution in [0.15, 0.2) is 268 Å². The van der Waals surface area contributed by atoms with E-state index in [2.05, 4.69) is 271 Å². The van der Waals surface area contributed by atoms with Gasteiger partial charge >= 0.3 is 0 Å². The summed E-state index contributed by atoms with van der Waals surface area (Å²) in [5, 5.41) is 20.0. The second kappa shape index (κ2) is 19.4. The Bertz CT molecular complexity index is 5350. The number of hydrogen-bond donors (Lipinski definition) is 1. The number of pyridine rings is 2. The van der Waals surface area contributed by atoms with Crippen molar-refractivity contribution < 1.29 is 8.83 Å². The molecule has 16 aromatic rings. The third-order valence-corrected chi connectivity index (χ3v) is 18.0. The number of para-hydroxylation sites is 6. The molecule has 0 aliphatic heterocycles. The highest BCUT2D eigenvalue weighted by atomic mass is 79.9. The molecule has 8 nitrogen and oxygen atoms in total. The van der Waals surface area contributed by atoms with Crippen LogP contribution in [-0.2, 0) is 10.8 Å². The van der Waals surface area contributed by atoms with Crippen molar-refractivity contribution in [1.82, 2.24) is 19.2 Å². The molecule has 0 amide bonds. The SMILES string of the molecule is Brc1cc2ccc3ccccc3n2n1.CC1(C)c2ccccc2-c2cc(N(c3cc4ccc5ccccc5n4n3)c3cccc4c3oc3ccccc34)ccc21.CC1(C)c2ccccc2-c2cc(Nc3cccc4c3oc3ccccc34)ccc21. The molecule has 0 fully saturated rings. The summed E-state index contributed by atoms with van der Waals surface area (Å²) in [6, 6.07) is 89.4. The average molecular weight is 1160 g/mol. The number of rotatable bonds is 5. The van der Waals surface area contributed by atoms with Crippen LogP contribution in [-0.4, -0.2) is 19.2 Å². The minimum Gasteiger partial charge on any atom is -0.454 e. The number of nitrogens with zero attached hydrogens (tertiary/aromatic N) is 5. The van der Waals surface area contributed by atoms with Gasteiger partial charge in [0.2, 0.25) is 0 Å². The molecule has 6 heterocycles. The van der Waals surface area contributed by atoms with Gasteiger partial charge in [-0.15, -0.1) is 5.10 Å². The van der Waals surface area contributed by atoms with Crippen molar-refractivity contribution in [2.75, 3.05) is 10.2 Å². The first-order chi connectivity index (χ1) is 41.5. The lowest BCUT2D eigenvalue weighted by atomic mass is 9.82. The van der Waals surface area contributed by atoms with Gasteiger partial charge in [0.1, 0.15) is 15.8 Å². The predicted octanol–water partition coefficient (Wildman–Crippen LogP) is 21.0. The molecule has 0 saturated carbocycles. The van der Waals surface area contributed by atoms with Crippen molar-refractivity contribution in [3.8, 4) is 22.3 Å². The Morgan fingerprint density at radius 1 is 0.412 bits per heavy atom. The van der Waals surface area contributed by atoms with E-state index < -0.39 is 0 Å². The number of furan rings is 2. The molecule has 1 N–H and O–H groups in total. The van der Waals surface area contributed by atoms with Gasteiger partial charge < -0.3 is 14.2 Å². The molecule has 2 aliphatic carbocycles. The Morgan fingerprint density at radius 3 is 1.59 bits per heavy atom. The van der Waals surface area contributed by atoms with Gasteiger partial charge in [-0.05, 0) is 139 Å². The summed E-state index contributed by atoms with van der Waals surface area (Å²) in [6.45, 7) is 9.24. The molecule has 0 bridgehead atoms. The summed E-state index contributed by atoms with van der Waals surface area (Å²) < 4.78 is 17.6. The molecule has 0 spiro atoms. The van der Waals surface area contributed by atoms with Crippen LogP contribution in [0.25, 0.3) is 99.0 Å². The molecule has 18 rings (SSSR count). The second-order valence-electron chi connectivity index (χ2n) is 23.3. The summed E-state index contributed by atoms with van der Waals surface area (Å²) in [4.78, 5) is 2.25. The van der Waals surface area contributed by atoms with E-state index in [0.717, 1.165) is 105 Å². The smallest absolute Gasteiger partial charge is 0.160 e. The highest BCUT2D eigenvalue weighted by molar-refractivity contribution is 9.10. The van der Waals surface area contributed by atoms with Crippen LogP contribution >= 0.6 is 15.9 Å². The zero-order chi connectivity index (χ0) is 57.1. The number of hydrogen-bond acceptors (Lipinski definition) is 6. The summed E-state index contributed by atoms with van der Waals surface area (Å²) in [7, 11) is 0. The van der Waals surface area contributed by atoms with E-state index in [1.165, 1.54) is 49.9 Å². The summed E-state index contributed by atoms with van der Waals surface area (Å²) >= 11 is 3.38. The summed E-state index contributed by atoms with van der Waals surface area (Å²) in [6.07, 6.45) is 0. The number of halogens is 1. The van der Waals surface area contributed by atoms with Gasteiger partial charge in [-0.1, -0.05) is 198 Å². The van der Waals surface area contributed by atoms with Gasteiger partial charge in [0.15, 0.2) is 17.0 Å². The number of benzene rings is 10. The number of nitrogens with one attached hydrogen (secondary N) is 1. The lowest BCUT2D eigenvalue weighted by molar-refractivity contribution is 0.660. The van der Waals surface area contributed by atoms with E-state index in [-0.39, 0.29) is 10.8 Å². The fourth-order valence-corrected chi connectivity index (χ4v) is 13.8. The van der Waals surface area contributed by atoms with E-state index in [9.17, 15) is 0 Å². The first-order valence-corrected chi connectivity index (χ1v) is 29.6. The van der Waals surface area contributed by atoms with Crippen LogP contribution in [0.1, 0.15) is 49.9 Å². The standard InChI is InChI=1S/C38H27N3O.C27H21NO.C11H7BrN2/c1-38(2)31-14-6-4-11-27(31)30-22-25(20-21-32(30)38)40(34-16-9-13-29-28-12-5-8-17-35(28)42-37(29)34)36-23-26-19-18-24-10-3-7-15-33(24)41(26)39-36;1-27(2)22-11-5-3-8-18(22)21-16-17(14-15-23(21)27)28-24-12-7-10-20-19-9-4-6-13-25(19)29-26(20)24;12-11-7-9-6-5-8-3-1-2-4-10(8)14(9)13-11/h3-23H,1-2H3;3-16,28H,1-2H3;1-7H. The summed E-state index contributed by atoms with van der Waals surface area (Å²) in [5.74, 6) is 0.838. The Kier molecular flexibility index (Phi) is 11.6. The first-order valence-electron chi connectivity index (χ1n) is 28.8. The highest BCUT2D eigenvalue weighted by Gasteiger charge is 2.37. The molecule has 9 heteroatoms. The number of aromatic nitrogens is 4. The van der Waals surface area contributed by atoms with Crippen LogP contribution in [0.4, 0.5) is 28.6 Å². The molecular weight excluding hydrogens is 1110 g/mol. The van der Waals surface area contributed by atoms with E-state index in [1.807, 2.05) is 51.5 Å². The predicted molar refractivity (Wildman–Crippen MR) is 354 cm³/mol. The fraction of sp³-hybridized carbons (Fsp3) is 0.0789. The zero-order valence-corrected chi connectivity index (χ0v) is 48.8.